The third-order valence-corrected chi connectivity index (χ3v) is 4.87. The minimum absolute atomic E-state index is 0.00512. The van der Waals surface area contributed by atoms with Crippen LogP contribution in [0.25, 0.3) is 0 Å². The first-order valence-electron chi connectivity index (χ1n) is 9.62. The Morgan fingerprint density at radius 1 is 1.04 bits per heavy atom. The molecule has 0 fully saturated rings. The van der Waals surface area contributed by atoms with Gasteiger partial charge in [-0.2, -0.15) is 0 Å². The van der Waals surface area contributed by atoms with E-state index in [1.54, 1.807) is 22.9 Å². The Bertz CT molecular complexity index is 1010. The van der Waals surface area contributed by atoms with Crippen molar-refractivity contribution in [3.8, 4) is 0 Å². The third-order valence-electron chi connectivity index (χ3n) is 4.87. The molecule has 0 radical (unpaired) electrons. The number of hydrogen-bond donors (Lipinski definition) is 0. The number of ether oxygens (including phenoxy) is 1. The maximum atomic E-state index is 12.2. The van der Waals surface area contributed by atoms with Gasteiger partial charge >= 0.3 is 5.97 Å². The number of rotatable bonds is 7. The molecule has 5 nitrogen and oxygen atoms in total. The quantitative estimate of drug-likeness (QED) is 0.588. The fourth-order valence-electron chi connectivity index (χ4n) is 3.44. The summed E-state index contributed by atoms with van der Waals surface area (Å²) in [6.45, 7) is 7.51. The highest BCUT2D eigenvalue weighted by atomic mass is 16.5. The van der Waals surface area contributed by atoms with Crippen molar-refractivity contribution < 1.29 is 9.53 Å². The van der Waals surface area contributed by atoms with Crippen LogP contribution in [0.5, 0.6) is 0 Å². The Balaban J connectivity index is 1.80. The lowest BCUT2D eigenvalue weighted by atomic mass is 10.1. The van der Waals surface area contributed by atoms with E-state index in [1.807, 2.05) is 37.5 Å². The molecule has 0 aliphatic carbocycles. The molecule has 2 aromatic heterocycles. The zero-order valence-corrected chi connectivity index (χ0v) is 16.6. The zero-order valence-electron chi connectivity index (χ0n) is 16.6. The van der Waals surface area contributed by atoms with Crippen LogP contribution in [0.3, 0.4) is 0 Å². The largest absolute Gasteiger partial charge is 0.461 e. The lowest BCUT2D eigenvalue weighted by Crippen LogP contribution is -2.18. The van der Waals surface area contributed by atoms with E-state index < -0.39 is 0 Å². The summed E-state index contributed by atoms with van der Waals surface area (Å²) in [7, 11) is 0. The molecule has 28 heavy (non-hydrogen) atoms. The summed E-state index contributed by atoms with van der Waals surface area (Å²) in [5.41, 5.74) is 5.05. The molecule has 0 saturated carbocycles. The zero-order chi connectivity index (χ0) is 20.1. The van der Waals surface area contributed by atoms with Crippen molar-refractivity contribution in [1.29, 1.82) is 0 Å². The first-order valence-corrected chi connectivity index (χ1v) is 9.62. The van der Waals surface area contributed by atoms with Crippen LogP contribution in [0.2, 0.25) is 0 Å². The monoisotopic (exact) mass is 378 g/mol. The van der Waals surface area contributed by atoms with Crippen molar-refractivity contribution in [3.05, 3.63) is 93.2 Å². The summed E-state index contributed by atoms with van der Waals surface area (Å²) in [5, 5.41) is 0. The van der Waals surface area contributed by atoms with Crippen molar-refractivity contribution in [2.24, 2.45) is 0 Å². The van der Waals surface area contributed by atoms with Gasteiger partial charge in [0.2, 0.25) is 0 Å². The molecule has 0 atom stereocenters. The molecule has 0 spiro atoms. The Morgan fingerprint density at radius 3 is 2.39 bits per heavy atom. The molecule has 0 N–H and O–H groups in total. The summed E-state index contributed by atoms with van der Waals surface area (Å²) in [5.74, 6) is -0.276. The molecule has 0 unspecified atom stereocenters. The highest BCUT2D eigenvalue weighted by Crippen LogP contribution is 2.21. The highest BCUT2D eigenvalue weighted by Gasteiger charge is 2.18. The van der Waals surface area contributed by atoms with Crippen LogP contribution < -0.4 is 5.56 Å². The van der Waals surface area contributed by atoms with E-state index in [0.29, 0.717) is 25.4 Å². The van der Waals surface area contributed by atoms with Gasteiger partial charge in [-0.3, -0.25) is 4.79 Å². The van der Waals surface area contributed by atoms with Gasteiger partial charge in [-0.1, -0.05) is 30.3 Å². The van der Waals surface area contributed by atoms with E-state index >= 15 is 0 Å². The topological polar surface area (TPSA) is 53.2 Å². The number of pyridine rings is 1. The standard InChI is InChI=1S/C23H26N2O3/c1-4-25-20(17(3)14-21(25)23(27)28-5-2)15-18-9-11-19(12-10-18)16-24-13-7-6-8-22(24)26/h6-14H,4-5,15-16H2,1-3H3. The molecule has 0 saturated heterocycles. The summed E-state index contributed by atoms with van der Waals surface area (Å²) >= 11 is 0. The number of carbonyl (C=O) groups excluding carboxylic acids is 1. The molecule has 0 amide bonds. The van der Waals surface area contributed by atoms with E-state index in [9.17, 15) is 9.59 Å². The third kappa shape index (κ3) is 4.25. The molecular weight excluding hydrogens is 352 g/mol. The van der Waals surface area contributed by atoms with Crippen molar-refractivity contribution in [2.75, 3.05) is 6.61 Å². The number of aryl methyl sites for hydroxylation is 1. The molecule has 5 heteroatoms. The maximum Gasteiger partial charge on any atom is 0.354 e. The van der Waals surface area contributed by atoms with Gasteiger partial charge in [0.05, 0.1) is 13.2 Å². The second kappa shape index (κ2) is 8.74. The number of nitrogens with zero attached hydrogens (tertiary/aromatic N) is 2. The molecule has 0 aliphatic heterocycles. The lowest BCUT2D eigenvalue weighted by molar-refractivity contribution is 0.0513. The highest BCUT2D eigenvalue weighted by molar-refractivity contribution is 5.88. The first kappa shape index (κ1) is 19.7. The van der Waals surface area contributed by atoms with E-state index in [2.05, 4.69) is 24.3 Å². The molecule has 146 valence electrons. The Morgan fingerprint density at radius 2 is 1.75 bits per heavy atom. The molecule has 0 aliphatic rings. The number of aromatic nitrogens is 2. The van der Waals surface area contributed by atoms with Crippen LogP contribution >= 0.6 is 0 Å². The lowest BCUT2D eigenvalue weighted by Gasteiger charge is -2.12. The van der Waals surface area contributed by atoms with Gasteiger partial charge in [0.1, 0.15) is 5.69 Å². The van der Waals surface area contributed by atoms with Crippen molar-refractivity contribution in [1.82, 2.24) is 9.13 Å². The van der Waals surface area contributed by atoms with E-state index in [0.717, 1.165) is 28.8 Å². The molecule has 3 rings (SSSR count). The molecule has 2 heterocycles. The Kier molecular flexibility index (Phi) is 6.14. The van der Waals surface area contributed by atoms with Gasteiger partial charge in [-0.15, -0.1) is 0 Å². The second-order valence-electron chi connectivity index (χ2n) is 6.78. The van der Waals surface area contributed by atoms with Crippen LogP contribution in [-0.4, -0.2) is 21.7 Å². The van der Waals surface area contributed by atoms with Gasteiger partial charge in [0.25, 0.3) is 5.56 Å². The minimum Gasteiger partial charge on any atom is -0.461 e. The van der Waals surface area contributed by atoms with Crippen LogP contribution in [0.1, 0.15) is 46.7 Å². The second-order valence-corrected chi connectivity index (χ2v) is 6.78. The number of carbonyl (C=O) groups is 1. The van der Waals surface area contributed by atoms with E-state index in [1.165, 1.54) is 0 Å². The van der Waals surface area contributed by atoms with Crippen LogP contribution in [0, 0.1) is 6.92 Å². The summed E-state index contributed by atoms with van der Waals surface area (Å²) in [6.07, 6.45) is 2.54. The normalized spacial score (nSPS) is 10.8. The fourth-order valence-corrected chi connectivity index (χ4v) is 3.44. The average molecular weight is 378 g/mol. The summed E-state index contributed by atoms with van der Waals surface area (Å²) in [4.78, 5) is 24.1. The van der Waals surface area contributed by atoms with Crippen molar-refractivity contribution in [3.63, 3.8) is 0 Å². The van der Waals surface area contributed by atoms with Crippen molar-refractivity contribution in [2.45, 2.75) is 40.3 Å². The van der Waals surface area contributed by atoms with Crippen LogP contribution in [-0.2, 0) is 24.2 Å². The fraction of sp³-hybridized carbons (Fsp3) is 0.304. The number of esters is 1. The van der Waals surface area contributed by atoms with Gasteiger partial charge < -0.3 is 13.9 Å². The molecule has 0 bridgehead atoms. The van der Waals surface area contributed by atoms with Crippen LogP contribution in [0.15, 0.2) is 59.5 Å². The smallest absolute Gasteiger partial charge is 0.354 e. The number of hydrogen-bond acceptors (Lipinski definition) is 3. The Labute approximate surface area is 165 Å². The molecular formula is C23H26N2O3. The summed E-state index contributed by atoms with van der Waals surface area (Å²) < 4.78 is 8.90. The predicted molar refractivity (Wildman–Crippen MR) is 110 cm³/mol. The predicted octanol–water partition coefficient (Wildman–Crippen LogP) is 3.79. The van der Waals surface area contributed by atoms with Crippen LogP contribution in [0.4, 0.5) is 0 Å². The van der Waals surface area contributed by atoms with Gasteiger partial charge in [0.15, 0.2) is 0 Å². The molecule has 3 aromatic rings. The summed E-state index contributed by atoms with van der Waals surface area (Å²) in [6, 6.07) is 15.4. The SMILES string of the molecule is CCOC(=O)c1cc(C)c(Cc2ccc(Cn3ccccc3=O)cc2)n1CC. The van der Waals surface area contributed by atoms with Gasteiger partial charge in [0, 0.05) is 30.9 Å². The van der Waals surface area contributed by atoms with Gasteiger partial charge in [-0.05, 0) is 49.6 Å². The van der Waals surface area contributed by atoms with E-state index in [4.69, 9.17) is 4.74 Å². The maximum absolute atomic E-state index is 12.2. The first-order chi connectivity index (χ1) is 13.5. The van der Waals surface area contributed by atoms with E-state index in [-0.39, 0.29) is 11.5 Å². The van der Waals surface area contributed by atoms with Gasteiger partial charge in [-0.25, -0.2) is 4.79 Å². The Hall–Kier alpha value is -3.08. The minimum atomic E-state index is -0.276. The molecule has 1 aromatic carbocycles. The average Bonchev–Trinajstić information content (AvgIpc) is 3.01. The number of benzene rings is 1. The van der Waals surface area contributed by atoms with Crippen molar-refractivity contribution >= 4 is 5.97 Å².